The van der Waals surface area contributed by atoms with Crippen molar-refractivity contribution >= 4 is 0 Å². The summed E-state index contributed by atoms with van der Waals surface area (Å²) < 4.78 is 1.51. The molecule has 43 valence electrons. The average molecular weight is 186 g/mol. The molecule has 0 amide bonds. The van der Waals surface area contributed by atoms with Gasteiger partial charge in [0.2, 0.25) is 0 Å². The van der Waals surface area contributed by atoms with Crippen LogP contribution in [0, 0.1) is 13.8 Å². The number of hydrogen-bond donors (Lipinski definition) is 0. The molecule has 0 bridgehead atoms. The number of rotatable bonds is 0. The first-order valence-electron chi connectivity index (χ1n) is 1.61. The molecule has 0 N–H and O–H groups in total. The van der Waals surface area contributed by atoms with Crippen LogP contribution in [0.1, 0.15) is 0 Å². The molecule has 0 unspecified atom stereocenters. The van der Waals surface area contributed by atoms with Crippen molar-refractivity contribution in [2.45, 2.75) is 0 Å². The minimum atomic E-state index is 0. The van der Waals surface area contributed by atoms with Crippen LogP contribution in [0.2, 0.25) is 0 Å². The number of nitrogens with zero attached hydrogens (tertiary/aromatic N) is 3. The third kappa shape index (κ3) is 3.27. The molecule has 3 nitrogen and oxygen atoms in total. The van der Waals surface area contributed by atoms with E-state index in [0.29, 0.717) is 0 Å². The summed E-state index contributed by atoms with van der Waals surface area (Å²) in [7, 11) is 1.77. The third-order valence-corrected chi connectivity index (χ3v) is 0.485. The van der Waals surface area contributed by atoms with Gasteiger partial charge in [-0.1, -0.05) is 0 Å². The maximum Gasteiger partial charge on any atom is 0.00950 e. The molecule has 4 heteroatoms. The predicted molar refractivity (Wildman–Crippen MR) is 26.3 cm³/mol. The van der Waals surface area contributed by atoms with Crippen LogP contribution >= 0.6 is 0 Å². The number of aryl methyl sites for hydroxylation is 1. The summed E-state index contributed by atoms with van der Waals surface area (Å²) in [4.78, 5) is 3.55. The Hall–Kier alpha value is 0.244. The first-order valence-corrected chi connectivity index (χ1v) is 1.61. The van der Waals surface area contributed by atoms with Gasteiger partial charge in [0.1, 0.15) is 0 Å². The minimum Gasteiger partial charge on any atom is -0.421 e. The average Bonchev–Trinajstić information content (AvgIpc) is 1.86. The Balaban J connectivity index is 0. The van der Waals surface area contributed by atoms with Crippen molar-refractivity contribution in [2.24, 2.45) is 7.05 Å². The van der Waals surface area contributed by atoms with E-state index in [1.165, 1.54) is 11.0 Å². The molecule has 1 radical (unpaired) electrons. The summed E-state index contributed by atoms with van der Waals surface area (Å²) in [6.07, 6.45) is 4.00. The molecular formula is C4H7N3Y-2. The Morgan fingerprint density at radius 1 is 1.62 bits per heavy atom. The van der Waals surface area contributed by atoms with E-state index in [2.05, 4.69) is 16.4 Å². The minimum absolute atomic E-state index is 0. The zero-order valence-corrected chi connectivity index (χ0v) is 7.83. The molecule has 0 atom stereocenters. The fourth-order valence-corrected chi connectivity index (χ4v) is 0.238. The van der Waals surface area contributed by atoms with E-state index in [9.17, 15) is 0 Å². The van der Waals surface area contributed by atoms with Gasteiger partial charge in [0.25, 0.3) is 0 Å². The molecule has 0 aliphatic heterocycles. The van der Waals surface area contributed by atoms with Gasteiger partial charge in [-0.15, -0.1) is 0 Å². The monoisotopic (exact) mass is 186 g/mol. The normalized spacial score (nSPS) is 6.62. The van der Waals surface area contributed by atoms with Crippen molar-refractivity contribution in [3.05, 3.63) is 20.1 Å². The van der Waals surface area contributed by atoms with Crippen molar-refractivity contribution < 1.29 is 32.7 Å². The molecule has 0 aliphatic carbocycles. The molecule has 0 aliphatic rings. The fourth-order valence-electron chi connectivity index (χ4n) is 0.238. The molecule has 0 saturated heterocycles. The van der Waals surface area contributed by atoms with E-state index < -0.39 is 0 Å². The van der Waals surface area contributed by atoms with Crippen LogP contribution in [0.3, 0.4) is 0 Å². The van der Waals surface area contributed by atoms with Gasteiger partial charge in [-0.3, -0.25) is 5.10 Å². The number of aromatic nitrogens is 3. The summed E-state index contributed by atoms with van der Waals surface area (Å²) in [5.74, 6) is 0. The molecule has 0 spiro atoms. The molecule has 1 aromatic rings. The van der Waals surface area contributed by atoms with E-state index in [1.807, 2.05) is 0 Å². The van der Waals surface area contributed by atoms with Crippen LogP contribution in [-0.2, 0) is 39.8 Å². The van der Waals surface area contributed by atoms with Crippen LogP contribution in [0.5, 0.6) is 0 Å². The van der Waals surface area contributed by atoms with Crippen LogP contribution < -0.4 is 0 Å². The summed E-state index contributed by atoms with van der Waals surface area (Å²) in [6.45, 7) is 0. The summed E-state index contributed by atoms with van der Waals surface area (Å²) in [5, 5.41) is 3.67. The predicted octanol–water partition coefficient (Wildman–Crippen LogP) is 0.0631. The van der Waals surface area contributed by atoms with Gasteiger partial charge in [0, 0.05) is 39.8 Å². The van der Waals surface area contributed by atoms with Crippen LogP contribution in [0.4, 0.5) is 0 Å². The van der Waals surface area contributed by atoms with Crippen LogP contribution in [0.15, 0.2) is 6.33 Å². The molecule has 0 saturated carbocycles. The van der Waals surface area contributed by atoms with E-state index in [0.717, 1.165) is 0 Å². The zero-order valence-electron chi connectivity index (χ0n) is 5.00. The maximum atomic E-state index is 3.67. The molecule has 0 fully saturated rings. The van der Waals surface area contributed by atoms with Crippen LogP contribution in [0.25, 0.3) is 0 Å². The smallest absolute Gasteiger partial charge is 0.00950 e. The van der Waals surface area contributed by atoms with Gasteiger partial charge >= 0.3 is 0 Å². The van der Waals surface area contributed by atoms with Crippen molar-refractivity contribution in [1.29, 1.82) is 0 Å². The Kier molecular flexibility index (Phi) is 7.46. The quantitative estimate of drug-likeness (QED) is 0.536. The molecule has 1 heterocycles. The molecule has 1 aromatic heterocycles. The van der Waals surface area contributed by atoms with Gasteiger partial charge < -0.3 is 17.1 Å². The van der Waals surface area contributed by atoms with Crippen molar-refractivity contribution in [1.82, 2.24) is 14.8 Å². The molecule has 0 aromatic carbocycles. The zero-order chi connectivity index (χ0) is 4.41. The first kappa shape index (κ1) is 11.1. The van der Waals surface area contributed by atoms with Gasteiger partial charge in [-0.05, 0) is 12.7 Å². The molecule has 1 rings (SSSR count). The fraction of sp³-hybridized carbons (Fsp3) is 0.250. The largest absolute Gasteiger partial charge is 0.421 e. The Morgan fingerprint density at radius 3 is 2.38 bits per heavy atom. The topological polar surface area (TPSA) is 30.7 Å². The Labute approximate surface area is 74.4 Å². The SMILES string of the molecule is Cn1[c-]ncn1.[CH3-].[Y]. The molecule has 8 heavy (non-hydrogen) atoms. The summed E-state index contributed by atoms with van der Waals surface area (Å²) in [6, 6.07) is 0. The van der Waals surface area contributed by atoms with Gasteiger partial charge in [0.05, 0.1) is 0 Å². The van der Waals surface area contributed by atoms with Gasteiger partial charge in [0.15, 0.2) is 0 Å². The Morgan fingerprint density at radius 2 is 2.25 bits per heavy atom. The van der Waals surface area contributed by atoms with Crippen molar-refractivity contribution in [3.8, 4) is 0 Å². The Bertz CT molecular complexity index is 115. The van der Waals surface area contributed by atoms with Crippen molar-refractivity contribution in [3.63, 3.8) is 0 Å². The number of hydrogen-bond acceptors (Lipinski definition) is 2. The third-order valence-electron chi connectivity index (χ3n) is 0.485. The van der Waals surface area contributed by atoms with Gasteiger partial charge in [-0.25, -0.2) is 0 Å². The van der Waals surface area contributed by atoms with E-state index in [1.54, 1.807) is 7.05 Å². The molecular weight excluding hydrogens is 179 g/mol. The van der Waals surface area contributed by atoms with E-state index in [4.69, 9.17) is 0 Å². The van der Waals surface area contributed by atoms with Crippen molar-refractivity contribution in [2.75, 3.05) is 0 Å². The van der Waals surface area contributed by atoms with E-state index >= 15 is 0 Å². The van der Waals surface area contributed by atoms with Gasteiger partial charge in [-0.2, -0.15) is 0 Å². The summed E-state index contributed by atoms with van der Waals surface area (Å²) >= 11 is 0. The first-order chi connectivity index (χ1) is 2.89. The maximum absolute atomic E-state index is 3.67. The second-order valence-corrected chi connectivity index (χ2v) is 0.984. The summed E-state index contributed by atoms with van der Waals surface area (Å²) in [5.41, 5.74) is 0. The standard InChI is InChI=1S/C3H4N3.CH3.Y/c1-6-3-4-2-5-6;;/h2H,1H3;1H3;/q2*-1;. The second kappa shape index (κ2) is 5.38. The van der Waals surface area contributed by atoms with Crippen LogP contribution in [-0.4, -0.2) is 14.8 Å². The second-order valence-electron chi connectivity index (χ2n) is 0.984. The van der Waals surface area contributed by atoms with E-state index in [-0.39, 0.29) is 40.1 Å².